The van der Waals surface area contributed by atoms with Crippen LogP contribution < -0.4 is 14.4 Å². The Bertz CT molecular complexity index is 1200. The smallest absolute Gasteiger partial charge is 0.270 e. The first kappa shape index (κ1) is 22.3. The van der Waals surface area contributed by atoms with Crippen molar-refractivity contribution >= 4 is 57.6 Å². The summed E-state index contributed by atoms with van der Waals surface area (Å²) in [4.78, 5) is 14.7. The lowest BCUT2D eigenvalue weighted by Gasteiger charge is -2.14. The van der Waals surface area contributed by atoms with Crippen LogP contribution in [0.2, 0.25) is 5.02 Å². The molecule has 32 heavy (non-hydrogen) atoms. The van der Waals surface area contributed by atoms with Crippen molar-refractivity contribution in [2.45, 2.75) is 6.61 Å². The van der Waals surface area contributed by atoms with Crippen molar-refractivity contribution < 1.29 is 18.7 Å². The van der Waals surface area contributed by atoms with Gasteiger partial charge in [-0.05, 0) is 53.6 Å². The highest BCUT2D eigenvalue weighted by Crippen LogP contribution is 2.40. The van der Waals surface area contributed by atoms with Crippen LogP contribution in [0.3, 0.4) is 0 Å². The third-order valence-corrected chi connectivity index (χ3v) is 6.24. The second-order valence-electron chi connectivity index (χ2n) is 6.80. The first-order valence-corrected chi connectivity index (χ1v) is 11.1. The molecule has 0 spiro atoms. The highest BCUT2D eigenvalue weighted by molar-refractivity contribution is 8.27. The number of nitrogens with zero attached hydrogens (tertiary/aromatic N) is 1. The molecule has 0 radical (unpaired) electrons. The van der Waals surface area contributed by atoms with E-state index in [2.05, 4.69) is 0 Å². The van der Waals surface area contributed by atoms with Crippen molar-refractivity contribution in [2.24, 2.45) is 0 Å². The maximum Gasteiger partial charge on any atom is 0.270 e. The summed E-state index contributed by atoms with van der Waals surface area (Å²) in [5.74, 6) is 0.208. The molecule has 1 heterocycles. The highest BCUT2D eigenvalue weighted by atomic mass is 35.5. The number of halogens is 2. The van der Waals surface area contributed by atoms with Crippen LogP contribution in [-0.2, 0) is 11.4 Å². The second-order valence-corrected chi connectivity index (χ2v) is 8.88. The first-order valence-electron chi connectivity index (χ1n) is 9.54. The van der Waals surface area contributed by atoms with E-state index in [-0.39, 0.29) is 11.7 Å². The largest absolute Gasteiger partial charge is 0.493 e. The van der Waals surface area contributed by atoms with Crippen molar-refractivity contribution in [1.82, 2.24) is 0 Å². The first-order chi connectivity index (χ1) is 15.5. The van der Waals surface area contributed by atoms with E-state index in [1.54, 1.807) is 18.2 Å². The molecule has 1 saturated heterocycles. The number of thioether (sulfide) groups is 1. The van der Waals surface area contributed by atoms with Crippen LogP contribution in [0.1, 0.15) is 11.1 Å². The van der Waals surface area contributed by atoms with E-state index < -0.39 is 0 Å². The lowest BCUT2D eigenvalue weighted by Crippen LogP contribution is -2.27. The predicted octanol–water partition coefficient (Wildman–Crippen LogP) is 6.47. The zero-order valence-corrected chi connectivity index (χ0v) is 19.3. The molecule has 0 bridgehead atoms. The van der Waals surface area contributed by atoms with Gasteiger partial charge in [-0.25, -0.2) is 4.39 Å². The van der Waals surface area contributed by atoms with E-state index in [0.29, 0.717) is 43.6 Å². The number of anilines is 1. The van der Waals surface area contributed by atoms with Gasteiger partial charge < -0.3 is 9.47 Å². The van der Waals surface area contributed by atoms with Gasteiger partial charge in [0.1, 0.15) is 12.4 Å². The van der Waals surface area contributed by atoms with Crippen LogP contribution in [0.25, 0.3) is 6.08 Å². The number of carbonyl (C=O) groups excluding carboxylic acids is 1. The number of amides is 1. The van der Waals surface area contributed by atoms with Crippen molar-refractivity contribution in [3.05, 3.63) is 93.6 Å². The molecule has 1 aliphatic heterocycles. The van der Waals surface area contributed by atoms with Gasteiger partial charge >= 0.3 is 0 Å². The van der Waals surface area contributed by atoms with E-state index in [1.807, 2.05) is 30.3 Å². The topological polar surface area (TPSA) is 38.8 Å². The molecule has 3 aromatic carbocycles. The summed E-state index contributed by atoms with van der Waals surface area (Å²) in [7, 11) is 1.53. The van der Waals surface area contributed by atoms with E-state index in [9.17, 15) is 9.18 Å². The minimum Gasteiger partial charge on any atom is -0.493 e. The number of hydrogen-bond donors (Lipinski definition) is 0. The van der Waals surface area contributed by atoms with Crippen LogP contribution in [0.5, 0.6) is 11.5 Å². The molecule has 8 heteroatoms. The fraction of sp³-hybridized carbons (Fsp3) is 0.0833. The van der Waals surface area contributed by atoms with Gasteiger partial charge in [0.2, 0.25) is 0 Å². The van der Waals surface area contributed by atoms with Gasteiger partial charge in [-0.15, -0.1) is 0 Å². The Morgan fingerprint density at radius 1 is 1.12 bits per heavy atom. The van der Waals surface area contributed by atoms with Crippen molar-refractivity contribution in [3.8, 4) is 11.5 Å². The number of thiocarbonyl (C=S) groups is 1. The molecule has 1 aliphatic rings. The summed E-state index contributed by atoms with van der Waals surface area (Å²) in [6.45, 7) is 0.340. The average molecular weight is 486 g/mol. The third-order valence-electron chi connectivity index (χ3n) is 4.65. The summed E-state index contributed by atoms with van der Waals surface area (Å²) >= 11 is 13.0. The minimum absolute atomic E-state index is 0.286. The molecule has 3 aromatic rings. The maximum atomic E-state index is 13.2. The summed E-state index contributed by atoms with van der Waals surface area (Å²) in [6.07, 6.45) is 1.69. The van der Waals surface area contributed by atoms with E-state index >= 15 is 0 Å². The van der Waals surface area contributed by atoms with Crippen LogP contribution >= 0.6 is 35.6 Å². The van der Waals surface area contributed by atoms with Gasteiger partial charge in [-0.1, -0.05) is 65.9 Å². The zero-order chi connectivity index (χ0) is 22.7. The van der Waals surface area contributed by atoms with Gasteiger partial charge in [0.05, 0.1) is 22.7 Å². The van der Waals surface area contributed by atoms with Gasteiger partial charge in [0.25, 0.3) is 5.91 Å². The summed E-state index contributed by atoms with van der Waals surface area (Å²) < 4.78 is 25.0. The number of benzene rings is 3. The Balaban J connectivity index is 1.58. The Kier molecular flexibility index (Phi) is 6.79. The van der Waals surface area contributed by atoms with Crippen LogP contribution in [0, 0.1) is 5.82 Å². The number of ether oxygens (including phenoxy) is 2. The lowest BCUT2D eigenvalue weighted by atomic mass is 10.1. The normalized spacial score (nSPS) is 14.8. The standard InChI is InChI=1S/C24H17ClFNO3S2/c1-29-20-12-16(11-19(25)22(20)30-14-15-5-3-2-4-6-15)13-21-23(28)27(24(31)32-21)18-9-7-17(26)8-10-18/h2-13H,14H2,1H3/b21-13-. The minimum atomic E-state index is -0.383. The zero-order valence-electron chi connectivity index (χ0n) is 16.9. The summed E-state index contributed by atoms with van der Waals surface area (Å²) in [5.41, 5.74) is 2.18. The molecule has 0 N–H and O–H groups in total. The fourth-order valence-corrected chi connectivity index (χ4v) is 4.70. The van der Waals surface area contributed by atoms with Gasteiger partial charge in [0.15, 0.2) is 15.8 Å². The second kappa shape index (κ2) is 9.73. The number of methoxy groups -OCH3 is 1. The van der Waals surface area contributed by atoms with Crippen molar-refractivity contribution in [3.63, 3.8) is 0 Å². The summed E-state index contributed by atoms with van der Waals surface area (Å²) in [6, 6.07) is 18.8. The number of hydrogen-bond acceptors (Lipinski definition) is 5. The molecular formula is C24H17ClFNO3S2. The molecule has 4 nitrogen and oxygen atoms in total. The maximum absolute atomic E-state index is 13.2. The van der Waals surface area contributed by atoms with E-state index in [4.69, 9.17) is 33.3 Å². The molecule has 4 rings (SSSR count). The van der Waals surface area contributed by atoms with Gasteiger partial charge in [0, 0.05) is 0 Å². The van der Waals surface area contributed by atoms with Crippen LogP contribution in [0.15, 0.2) is 71.6 Å². The quantitative estimate of drug-likeness (QED) is 0.295. The predicted molar refractivity (Wildman–Crippen MR) is 131 cm³/mol. The highest BCUT2D eigenvalue weighted by Gasteiger charge is 2.33. The molecule has 1 fully saturated rings. The number of carbonyl (C=O) groups is 1. The SMILES string of the molecule is COc1cc(/C=C2\SC(=S)N(c3ccc(F)cc3)C2=O)cc(Cl)c1OCc1ccccc1. The Labute approximate surface area is 199 Å². The van der Waals surface area contributed by atoms with Crippen molar-refractivity contribution in [1.29, 1.82) is 0 Å². The average Bonchev–Trinajstić information content (AvgIpc) is 3.06. The number of rotatable bonds is 6. The Hall–Kier alpha value is -2.87. The fourth-order valence-electron chi connectivity index (χ4n) is 3.12. The lowest BCUT2D eigenvalue weighted by molar-refractivity contribution is -0.113. The van der Waals surface area contributed by atoms with Gasteiger partial charge in [-0.3, -0.25) is 9.69 Å². The Morgan fingerprint density at radius 3 is 2.53 bits per heavy atom. The van der Waals surface area contributed by atoms with E-state index in [0.717, 1.165) is 5.56 Å². The molecular weight excluding hydrogens is 469 g/mol. The Morgan fingerprint density at radius 2 is 1.84 bits per heavy atom. The molecule has 0 unspecified atom stereocenters. The third kappa shape index (κ3) is 4.80. The molecule has 0 saturated carbocycles. The molecule has 162 valence electrons. The molecule has 0 aromatic heterocycles. The van der Waals surface area contributed by atoms with Crippen LogP contribution in [0.4, 0.5) is 10.1 Å². The monoisotopic (exact) mass is 485 g/mol. The molecule has 0 atom stereocenters. The molecule has 1 amide bonds. The summed E-state index contributed by atoms with van der Waals surface area (Å²) in [5, 5.41) is 0.362. The molecule has 0 aliphatic carbocycles. The van der Waals surface area contributed by atoms with Crippen LogP contribution in [-0.4, -0.2) is 17.3 Å². The van der Waals surface area contributed by atoms with Crippen molar-refractivity contribution in [2.75, 3.05) is 12.0 Å². The van der Waals surface area contributed by atoms with E-state index in [1.165, 1.54) is 48.0 Å². The van der Waals surface area contributed by atoms with Gasteiger partial charge in [-0.2, -0.15) is 0 Å².